The maximum atomic E-state index is 11.6. The Kier molecular flexibility index (Phi) is 5.12. The first-order valence-electron chi connectivity index (χ1n) is 7.50. The van der Waals surface area contributed by atoms with Crippen molar-refractivity contribution in [1.82, 2.24) is 5.32 Å². The number of nitrogens with one attached hydrogen (secondary N) is 1. The highest BCUT2D eigenvalue weighted by Gasteiger charge is 2.17. The zero-order chi connectivity index (χ0) is 16.0. The minimum Gasteiger partial charge on any atom is -0.444 e. The highest BCUT2D eigenvalue weighted by atomic mass is 16.6. The summed E-state index contributed by atoms with van der Waals surface area (Å²) >= 11 is 0. The molecular weight excluding hydrogens is 274 g/mol. The van der Waals surface area contributed by atoms with E-state index in [-0.39, 0.29) is 0 Å². The van der Waals surface area contributed by atoms with Gasteiger partial charge in [-0.25, -0.2) is 4.79 Å². The van der Waals surface area contributed by atoms with E-state index >= 15 is 0 Å². The van der Waals surface area contributed by atoms with E-state index in [1.807, 2.05) is 45.0 Å². The van der Waals surface area contributed by atoms with E-state index in [0.29, 0.717) is 12.5 Å². The van der Waals surface area contributed by atoms with Crippen molar-refractivity contribution in [3.8, 4) is 23.7 Å². The van der Waals surface area contributed by atoms with E-state index in [0.717, 1.165) is 11.1 Å². The molecule has 0 atom stereocenters. The number of rotatable bonds is 2. The molecular formula is C19H21NO2. The summed E-state index contributed by atoms with van der Waals surface area (Å²) in [5.74, 6) is 12.5. The average molecular weight is 295 g/mol. The van der Waals surface area contributed by atoms with Crippen LogP contribution in [-0.2, 0) is 11.3 Å². The number of carbonyl (C=O) groups is 1. The quantitative estimate of drug-likeness (QED) is 0.848. The van der Waals surface area contributed by atoms with Gasteiger partial charge in [0.25, 0.3) is 0 Å². The molecule has 1 N–H and O–H groups in total. The van der Waals surface area contributed by atoms with Crippen LogP contribution in [0.4, 0.5) is 4.79 Å². The number of carbonyl (C=O) groups excluding carboxylic acids is 1. The van der Waals surface area contributed by atoms with Gasteiger partial charge in [-0.05, 0) is 63.1 Å². The number of hydrogen-bond acceptors (Lipinski definition) is 2. The van der Waals surface area contributed by atoms with Crippen molar-refractivity contribution in [2.45, 2.75) is 45.8 Å². The van der Waals surface area contributed by atoms with Crippen LogP contribution >= 0.6 is 0 Å². The second-order valence-corrected chi connectivity index (χ2v) is 6.35. The molecule has 0 radical (unpaired) electrons. The Balaban J connectivity index is 1.81. The van der Waals surface area contributed by atoms with Gasteiger partial charge in [0.05, 0.1) is 0 Å². The molecule has 1 aromatic rings. The van der Waals surface area contributed by atoms with Crippen LogP contribution in [-0.4, -0.2) is 11.7 Å². The molecule has 0 bridgehead atoms. The summed E-state index contributed by atoms with van der Waals surface area (Å²) in [5.41, 5.74) is 1.44. The first-order chi connectivity index (χ1) is 10.4. The molecule has 0 unspecified atom stereocenters. The predicted octanol–water partition coefficient (Wildman–Crippen LogP) is 3.48. The van der Waals surface area contributed by atoms with Gasteiger partial charge in [0, 0.05) is 18.0 Å². The third-order valence-electron chi connectivity index (χ3n) is 2.91. The third kappa shape index (κ3) is 6.37. The van der Waals surface area contributed by atoms with Gasteiger partial charge in [0.1, 0.15) is 5.60 Å². The molecule has 3 nitrogen and oxygen atoms in total. The first kappa shape index (κ1) is 16.0. The molecule has 1 aliphatic rings. The summed E-state index contributed by atoms with van der Waals surface area (Å²) in [4.78, 5) is 11.6. The average Bonchev–Trinajstić information content (AvgIpc) is 3.25. The van der Waals surface area contributed by atoms with E-state index in [1.165, 1.54) is 12.8 Å². The molecule has 0 saturated heterocycles. The van der Waals surface area contributed by atoms with Gasteiger partial charge in [0.15, 0.2) is 0 Å². The van der Waals surface area contributed by atoms with Crippen LogP contribution in [0.5, 0.6) is 0 Å². The van der Waals surface area contributed by atoms with Crippen molar-refractivity contribution in [3.63, 3.8) is 0 Å². The van der Waals surface area contributed by atoms with E-state index in [4.69, 9.17) is 4.74 Å². The summed E-state index contributed by atoms with van der Waals surface area (Å²) in [6.07, 6.45) is 2.02. The van der Waals surface area contributed by atoms with E-state index in [9.17, 15) is 4.79 Å². The Hall–Kier alpha value is -2.39. The summed E-state index contributed by atoms with van der Waals surface area (Å²) in [6.45, 7) is 5.95. The van der Waals surface area contributed by atoms with Gasteiger partial charge >= 0.3 is 6.09 Å². The van der Waals surface area contributed by atoms with Crippen molar-refractivity contribution in [3.05, 3.63) is 35.4 Å². The van der Waals surface area contributed by atoms with Crippen LogP contribution in [0.3, 0.4) is 0 Å². The second-order valence-electron chi connectivity index (χ2n) is 6.35. The SMILES string of the molecule is CC(C)(C)OC(=O)NCc1ccc(C#CC#CC2CC2)cc1. The van der Waals surface area contributed by atoms with Gasteiger partial charge in [-0.2, -0.15) is 0 Å². The Morgan fingerprint density at radius 1 is 1.23 bits per heavy atom. The predicted molar refractivity (Wildman–Crippen MR) is 86.9 cm³/mol. The number of amides is 1. The molecule has 1 aliphatic carbocycles. The number of alkyl carbamates (subject to hydrolysis) is 1. The fourth-order valence-electron chi connectivity index (χ4n) is 1.66. The molecule has 1 saturated carbocycles. The summed E-state index contributed by atoms with van der Waals surface area (Å²) < 4.78 is 5.19. The van der Waals surface area contributed by atoms with Gasteiger partial charge in [-0.1, -0.05) is 24.0 Å². The van der Waals surface area contributed by atoms with Crippen molar-refractivity contribution >= 4 is 6.09 Å². The first-order valence-corrected chi connectivity index (χ1v) is 7.50. The minimum absolute atomic E-state index is 0.410. The van der Waals surface area contributed by atoms with Crippen molar-refractivity contribution in [2.75, 3.05) is 0 Å². The zero-order valence-corrected chi connectivity index (χ0v) is 13.3. The van der Waals surface area contributed by atoms with Crippen molar-refractivity contribution in [1.29, 1.82) is 0 Å². The lowest BCUT2D eigenvalue weighted by atomic mass is 10.1. The largest absolute Gasteiger partial charge is 0.444 e. The minimum atomic E-state index is -0.481. The normalized spacial score (nSPS) is 13.2. The highest BCUT2D eigenvalue weighted by molar-refractivity contribution is 5.67. The lowest BCUT2D eigenvalue weighted by Gasteiger charge is -2.19. The maximum absolute atomic E-state index is 11.6. The molecule has 1 amide bonds. The Morgan fingerprint density at radius 3 is 2.50 bits per heavy atom. The molecule has 1 fully saturated rings. The summed E-state index contributed by atoms with van der Waals surface area (Å²) in [5, 5.41) is 2.73. The lowest BCUT2D eigenvalue weighted by Crippen LogP contribution is -2.32. The van der Waals surface area contributed by atoms with Gasteiger partial charge in [0.2, 0.25) is 0 Å². The maximum Gasteiger partial charge on any atom is 0.407 e. The fraction of sp³-hybridized carbons (Fsp3) is 0.421. The monoisotopic (exact) mass is 295 g/mol. The molecule has 0 aliphatic heterocycles. The number of hydrogen-bond donors (Lipinski definition) is 1. The van der Waals surface area contributed by atoms with Gasteiger partial charge < -0.3 is 10.1 Å². The smallest absolute Gasteiger partial charge is 0.407 e. The van der Waals surface area contributed by atoms with Crippen LogP contribution in [0.15, 0.2) is 24.3 Å². The van der Waals surface area contributed by atoms with Gasteiger partial charge in [-0.15, -0.1) is 0 Å². The second kappa shape index (κ2) is 7.05. The summed E-state index contributed by atoms with van der Waals surface area (Å²) in [6, 6.07) is 7.74. The molecule has 1 aromatic carbocycles. The van der Waals surface area contributed by atoms with Crippen LogP contribution in [0.2, 0.25) is 0 Å². The summed E-state index contributed by atoms with van der Waals surface area (Å²) in [7, 11) is 0. The Bertz CT molecular complexity index is 641. The topological polar surface area (TPSA) is 38.3 Å². The molecule has 22 heavy (non-hydrogen) atoms. The third-order valence-corrected chi connectivity index (χ3v) is 2.91. The Labute approximate surface area is 132 Å². The van der Waals surface area contributed by atoms with Crippen LogP contribution in [0, 0.1) is 29.6 Å². The van der Waals surface area contributed by atoms with E-state index < -0.39 is 11.7 Å². The molecule has 114 valence electrons. The van der Waals surface area contributed by atoms with E-state index in [1.54, 1.807) is 0 Å². The molecule has 0 spiro atoms. The Morgan fingerprint density at radius 2 is 1.91 bits per heavy atom. The van der Waals surface area contributed by atoms with Gasteiger partial charge in [-0.3, -0.25) is 0 Å². The fourth-order valence-corrected chi connectivity index (χ4v) is 1.66. The van der Waals surface area contributed by atoms with Crippen LogP contribution in [0.25, 0.3) is 0 Å². The molecule has 0 aromatic heterocycles. The highest BCUT2D eigenvalue weighted by Crippen LogP contribution is 2.27. The standard InChI is InChI=1S/C19H21NO2/c1-19(2,3)22-18(21)20-14-17-12-10-16(11-13-17)7-5-4-6-15-8-9-15/h10-13,15H,8-9,14H2,1-3H3,(H,20,21). The number of benzene rings is 1. The molecule has 3 heteroatoms. The molecule has 0 heterocycles. The van der Waals surface area contributed by atoms with Crippen molar-refractivity contribution in [2.24, 2.45) is 5.92 Å². The zero-order valence-electron chi connectivity index (χ0n) is 13.3. The van der Waals surface area contributed by atoms with Crippen LogP contribution < -0.4 is 5.32 Å². The van der Waals surface area contributed by atoms with Crippen molar-refractivity contribution < 1.29 is 9.53 Å². The lowest BCUT2D eigenvalue weighted by molar-refractivity contribution is 0.0523. The molecule has 2 rings (SSSR count). The van der Waals surface area contributed by atoms with E-state index in [2.05, 4.69) is 29.0 Å². The number of ether oxygens (including phenoxy) is 1. The van der Waals surface area contributed by atoms with Crippen LogP contribution in [0.1, 0.15) is 44.7 Å².